The first-order chi connectivity index (χ1) is 14.9. The molecule has 2 aliphatic heterocycles. The van der Waals surface area contributed by atoms with E-state index in [4.69, 9.17) is 0 Å². The number of piperazine rings is 1. The number of aromatic nitrogens is 2. The maximum atomic E-state index is 12.7. The highest BCUT2D eigenvalue weighted by Gasteiger charge is 2.23. The Balaban J connectivity index is 1.28. The van der Waals surface area contributed by atoms with E-state index in [0.717, 1.165) is 43.5 Å². The molecule has 2 amide bonds. The van der Waals surface area contributed by atoms with Gasteiger partial charge in [0.1, 0.15) is 0 Å². The Bertz CT molecular complexity index is 860. The maximum absolute atomic E-state index is 12.7. The van der Waals surface area contributed by atoms with Gasteiger partial charge in [-0.2, -0.15) is 0 Å². The second-order valence-corrected chi connectivity index (χ2v) is 9.53. The fraction of sp³-hybridized carbons (Fsp3) is 0.542. The predicted octanol–water partition coefficient (Wildman–Crippen LogP) is 4.12. The van der Waals surface area contributed by atoms with Crippen LogP contribution in [0.2, 0.25) is 0 Å². The topological polar surface area (TPSA) is 64.6 Å². The molecule has 2 aromatic rings. The number of nitrogens with zero attached hydrogens (tertiary/aromatic N) is 5. The van der Waals surface area contributed by atoms with E-state index in [1.165, 1.54) is 24.8 Å². The van der Waals surface area contributed by atoms with E-state index < -0.39 is 0 Å². The van der Waals surface area contributed by atoms with Crippen LogP contribution in [0.25, 0.3) is 0 Å². The van der Waals surface area contributed by atoms with Crippen LogP contribution < -0.4 is 15.1 Å². The lowest BCUT2D eigenvalue weighted by molar-refractivity contribution is 0.208. The Kier molecular flexibility index (Phi) is 6.30. The molecular weight excluding hydrogens is 388 g/mol. The van der Waals surface area contributed by atoms with Crippen molar-refractivity contribution in [2.24, 2.45) is 0 Å². The van der Waals surface area contributed by atoms with E-state index >= 15 is 0 Å². The van der Waals surface area contributed by atoms with Crippen molar-refractivity contribution in [1.29, 1.82) is 0 Å². The maximum Gasteiger partial charge on any atom is 0.321 e. The minimum absolute atomic E-state index is 0.0466. The molecule has 4 rings (SSSR count). The van der Waals surface area contributed by atoms with Crippen LogP contribution in [0.3, 0.4) is 0 Å². The van der Waals surface area contributed by atoms with Crippen molar-refractivity contribution >= 4 is 23.4 Å². The molecule has 1 N–H and O–H groups in total. The standard InChI is InChI=1S/C24H34N6O/c1-24(2,3)19-7-9-20(10-8-19)25-23(31)30-17-15-29(16-18-30)22-12-11-21(26-27-22)28-13-5-4-6-14-28/h7-12H,4-6,13-18H2,1-3H3,(H,25,31). The van der Waals surface area contributed by atoms with E-state index in [-0.39, 0.29) is 11.4 Å². The quantitative estimate of drug-likeness (QED) is 0.806. The Labute approximate surface area is 185 Å². The number of hydrogen-bond acceptors (Lipinski definition) is 5. The predicted molar refractivity (Wildman–Crippen MR) is 126 cm³/mol. The summed E-state index contributed by atoms with van der Waals surface area (Å²) in [6.45, 7) is 11.6. The normalized spacial score (nSPS) is 17.6. The smallest absolute Gasteiger partial charge is 0.321 e. The van der Waals surface area contributed by atoms with E-state index in [0.29, 0.717) is 13.1 Å². The highest BCUT2D eigenvalue weighted by molar-refractivity contribution is 5.89. The highest BCUT2D eigenvalue weighted by atomic mass is 16.2. The summed E-state index contributed by atoms with van der Waals surface area (Å²) in [6.07, 6.45) is 3.77. The molecule has 0 aliphatic carbocycles. The summed E-state index contributed by atoms with van der Waals surface area (Å²) in [5, 5.41) is 11.9. The minimum atomic E-state index is -0.0466. The zero-order valence-electron chi connectivity index (χ0n) is 19.0. The van der Waals surface area contributed by atoms with Gasteiger partial charge in [-0.25, -0.2) is 4.79 Å². The molecule has 0 spiro atoms. The number of carbonyl (C=O) groups excluding carboxylic acids is 1. The largest absolute Gasteiger partial charge is 0.355 e. The van der Waals surface area contributed by atoms with Crippen LogP contribution in [-0.2, 0) is 5.41 Å². The lowest BCUT2D eigenvalue weighted by Gasteiger charge is -2.35. The van der Waals surface area contributed by atoms with E-state index in [2.05, 4.69) is 70.4 Å². The van der Waals surface area contributed by atoms with E-state index in [9.17, 15) is 4.79 Å². The molecule has 1 aromatic heterocycles. The molecule has 0 radical (unpaired) electrons. The van der Waals surface area contributed by atoms with E-state index in [1.807, 2.05) is 17.0 Å². The molecule has 0 unspecified atom stereocenters. The third-order valence-electron chi connectivity index (χ3n) is 6.21. The summed E-state index contributed by atoms with van der Waals surface area (Å²) >= 11 is 0. The van der Waals surface area contributed by atoms with Crippen molar-refractivity contribution in [2.45, 2.75) is 45.4 Å². The Morgan fingerprint density at radius 3 is 1.84 bits per heavy atom. The van der Waals surface area contributed by atoms with Crippen LogP contribution in [0, 0.1) is 0 Å². The molecule has 31 heavy (non-hydrogen) atoms. The monoisotopic (exact) mass is 422 g/mol. The van der Waals surface area contributed by atoms with E-state index in [1.54, 1.807) is 0 Å². The van der Waals surface area contributed by atoms with Crippen LogP contribution in [0.5, 0.6) is 0 Å². The van der Waals surface area contributed by atoms with Gasteiger partial charge in [-0.3, -0.25) is 0 Å². The molecule has 166 valence electrons. The first-order valence-electron chi connectivity index (χ1n) is 11.4. The van der Waals surface area contributed by atoms with Crippen molar-refractivity contribution in [3.63, 3.8) is 0 Å². The fourth-order valence-electron chi connectivity index (χ4n) is 4.17. The van der Waals surface area contributed by atoms with Gasteiger partial charge in [0, 0.05) is 45.0 Å². The van der Waals surface area contributed by atoms with Crippen molar-refractivity contribution in [3.05, 3.63) is 42.0 Å². The first-order valence-corrected chi connectivity index (χ1v) is 11.4. The molecule has 3 heterocycles. The Morgan fingerprint density at radius 2 is 1.32 bits per heavy atom. The molecule has 2 fully saturated rings. The number of carbonyl (C=O) groups is 1. The van der Waals surface area contributed by atoms with Gasteiger partial charge < -0.3 is 20.0 Å². The van der Waals surface area contributed by atoms with Crippen molar-refractivity contribution in [2.75, 3.05) is 54.4 Å². The third-order valence-corrected chi connectivity index (χ3v) is 6.21. The van der Waals surface area contributed by atoms with Gasteiger partial charge in [0.15, 0.2) is 11.6 Å². The summed E-state index contributed by atoms with van der Waals surface area (Å²) in [5.41, 5.74) is 2.19. The summed E-state index contributed by atoms with van der Waals surface area (Å²) in [5.74, 6) is 1.86. The number of piperidine rings is 1. The molecule has 2 aliphatic rings. The van der Waals surface area contributed by atoms with Crippen molar-refractivity contribution < 1.29 is 4.79 Å². The summed E-state index contributed by atoms with van der Waals surface area (Å²) < 4.78 is 0. The van der Waals surface area contributed by atoms with Gasteiger partial charge in [0.2, 0.25) is 0 Å². The number of urea groups is 1. The second-order valence-electron chi connectivity index (χ2n) is 9.53. The van der Waals surface area contributed by atoms with Gasteiger partial charge in [-0.1, -0.05) is 32.9 Å². The number of nitrogens with one attached hydrogen (secondary N) is 1. The van der Waals surface area contributed by atoms with Gasteiger partial charge in [-0.15, -0.1) is 10.2 Å². The molecular formula is C24H34N6O. The number of rotatable bonds is 3. The van der Waals surface area contributed by atoms with Crippen molar-refractivity contribution in [1.82, 2.24) is 15.1 Å². The van der Waals surface area contributed by atoms with Crippen LogP contribution in [-0.4, -0.2) is 60.4 Å². The molecule has 0 saturated carbocycles. The average molecular weight is 423 g/mol. The third kappa shape index (κ3) is 5.27. The average Bonchev–Trinajstić information content (AvgIpc) is 2.80. The second kappa shape index (κ2) is 9.12. The van der Waals surface area contributed by atoms with Gasteiger partial charge in [-0.05, 0) is 54.5 Å². The van der Waals surface area contributed by atoms with Gasteiger partial charge in [0.25, 0.3) is 0 Å². The number of benzene rings is 1. The first kappa shape index (κ1) is 21.4. The van der Waals surface area contributed by atoms with Crippen LogP contribution >= 0.6 is 0 Å². The SMILES string of the molecule is CC(C)(C)c1ccc(NC(=O)N2CCN(c3ccc(N4CCCCC4)nn3)CC2)cc1. The summed E-state index contributed by atoms with van der Waals surface area (Å²) in [6, 6.07) is 12.2. The highest BCUT2D eigenvalue weighted by Crippen LogP contribution is 2.24. The number of hydrogen-bond donors (Lipinski definition) is 1. The molecule has 7 heteroatoms. The molecule has 0 atom stereocenters. The van der Waals surface area contributed by atoms with Crippen LogP contribution in [0.1, 0.15) is 45.6 Å². The van der Waals surface area contributed by atoms with Gasteiger partial charge in [0.05, 0.1) is 0 Å². The summed E-state index contributed by atoms with van der Waals surface area (Å²) in [4.78, 5) is 19.1. The van der Waals surface area contributed by atoms with Gasteiger partial charge >= 0.3 is 6.03 Å². The Morgan fingerprint density at radius 1 is 0.774 bits per heavy atom. The van der Waals surface area contributed by atoms with Crippen LogP contribution in [0.4, 0.5) is 22.1 Å². The number of amides is 2. The zero-order chi connectivity index (χ0) is 21.8. The van der Waals surface area contributed by atoms with Crippen molar-refractivity contribution in [3.8, 4) is 0 Å². The minimum Gasteiger partial charge on any atom is -0.355 e. The summed E-state index contributed by atoms with van der Waals surface area (Å²) in [7, 11) is 0. The lowest BCUT2D eigenvalue weighted by atomic mass is 9.87. The number of anilines is 3. The van der Waals surface area contributed by atoms with Crippen LogP contribution in [0.15, 0.2) is 36.4 Å². The molecule has 0 bridgehead atoms. The molecule has 2 saturated heterocycles. The Hall–Kier alpha value is -2.83. The fourth-order valence-corrected chi connectivity index (χ4v) is 4.17. The molecule has 7 nitrogen and oxygen atoms in total. The zero-order valence-corrected chi connectivity index (χ0v) is 19.0. The molecule has 1 aromatic carbocycles. The lowest BCUT2D eigenvalue weighted by Crippen LogP contribution is -2.50.